The topological polar surface area (TPSA) is 171 Å². The average Bonchev–Trinajstić information content (AvgIpc) is 3.58. The normalized spacial score (nSPS) is 17.3. The average molecular weight is 522 g/mol. The molecule has 12 nitrogen and oxygen atoms in total. The fraction of sp³-hybridized carbons (Fsp3) is 0.308. The summed E-state index contributed by atoms with van der Waals surface area (Å²) in [6.45, 7) is 2.60. The molecule has 0 bridgehead atoms. The van der Waals surface area contributed by atoms with Gasteiger partial charge in [-0.3, -0.25) is 24.6 Å². The fourth-order valence-corrected chi connectivity index (χ4v) is 5.10. The van der Waals surface area contributed by atoms with E-state index in [1.165, 1.54) is 44.6 Å². The van der Waals surface area contributed by atoms with Crippen molar-refractivity contribution in [3.8, 4) is 5.75 Å². The molecule has 3 N–H and O–H groups in total. The number of para-hydroxylation sites is 1. The van der Waals surface area contributed by atoms with Crippen LogP contribution in [0.1, 0.15) is 36.9 Å². The Hall–Kier alpha value is -4.58. The number of hydrogen-bond donors (Lipinski definition) is 2. The van der Waals surface area contributed by atoms with Crippen LogP contribution in [0.3, 0.4) is 0 Å². The van der Waals surface area contributed by atoms with Gasteiger partial charge in [-0.05, 0) is 32.0 Å². The number of nitro groups is 1. The number of amides is 1. The number of nitro benzene ring substituents is 1. The minimum atomic E-state index is -2.30. The first-order valence-electron chi connectivity index (χ1n) is 11.8. The van der Waals surface area contributed by atoms with Gasteiger partial charge in [0.1, 0.15) is 5.75 Å². The van der Waals surface area contributed by atoms with E-state index in [0.29, 0.717) is 17.0 Å². The number of nitrogens with one attached hydrogen (secondary N) is 1. The summed E-state index contributed by atoms with van der Waals surface area (Å²) in [5, 5.41) is 11.6. The molecule has 3 aromatic rings. The van der Waals surface area contributed by atoms with Crippen LogP contribution in [0.5, 0.6) is 5.75 Å². The van der Waals surface area contributed by atoms with Crippen LogP contribution < -0.4 is 15.4 Å². The van der Waals surface area contributed by atoms with Gasteiger partial charge in [0.05, 0.1) is 36.9 Å². The van der Waals surface area contributed by atoms with Gasteiger partial charge in [-0.2, -0.15) is 0 Å². The molecule has 3 unspecified atom stereocenters. The molecule has 4 atom stereocenters. The van der Waals surface area contributed by atoms with Crippen molar-refractivity contribution in [1.29, 1.82) is 0 Å². The number of imidazole rings is 1. The highest BCUT2D eigenvalue weighted by Gasteiger charge is 2.62. The fourth-order valence-electron chi connectivity index (χ4n) is 5.10. The van der Waals surface area contributed by atoms with Gasteiger partial charge >= 0.3 is 5.97 Å². The Labute approximate surface area is 217 Å². The largest absolute Gasteiger partial charge is 0.493 e. The van der Waals surface area contributed by atoms with Crippen LogP contribution in [0.25, 0.3) is 0 Å². The number of methoxy groups -OCH3 is 1. The van der Waals surface area contributed by atoms with Crippen LogP contribution in [0, 0.1) is 10.1 Å². The highest BCUT2D eigenvalue weighted by molar-refractivity contribution is 6.18. The first kappa shape index (κ1) is 26.5. The number of nitrogens with two attached hydrogens (primary N) is 1. The number of aromatic amines is 1. The molecule has 1 amide bonds. The van der Waals surface area contributed by atoms with Crippen molar-refractivity contribution in [2.45, 2.75) is 37.3 Å². The van der Waals surface area contributed by atoms with E-state index in [2.05, 4.69) is 9.97 Å². The molecular weight excluding hydrogens is 494 g/mol. The monoisotopic (exact) mass is 521 g/mol. The number of esters is 1. The number of ether oxygens (including phenoxy) is 2. The van der Waals surface area contributed by atoms with Gasteiger partial charge in [0.15, 0.2) is 5.78 Å². The first-order chi connectivity index (χ1) is 18.1. The number of carbonyl (C=O) groups is 3. The SMILES string of the molecule is COC(=O)[C@](C(C)=O)(C(c1cnc[nH]1)C1COc2ccc([N+](=O)[O-])cc21)N(C(=O)C(C)N)c1ccccc1. The van der Waals surface area contributed by atoms with Crippen molar-refractivity contribution >= 4 is 29.0 Å². The molecule has 0 radical (unpaired) electrons. The number of Topliss-reactive ketones (excluding diaryl/α,β-unsaturated/α-hetero) is 1. The molecule has 12 heteroatoms. The summed E-state index contributed by atoms with van der Waals surface area (Å²) in [4.78, 5) is 60.8. The van der Waals surface area contributed by atoms with E-state index in [-0.39, 0.29) is 18.0 Å². The molecule has 0 aliphatic carbocycles. The van der Waals surface area contributed by atoms with Crippen molar-refractivity contribution in [3.05, 3.63) is 82.4 Å². The van der Waals surface area contributed by atoms with Gasteiger partial charge in [0.2, 0.25) is 11.4 Å². The van der Waals surface area contributed by atoms with Gasteiger partial charge in [-0.1, -0.05) is 18.2 Å². The Morgan fingerprint density at radius 1 is 1.26 bits per heavy atom. The maximum atomic E-state index is 13.9. The second kappa shape index (κ2) is 10.4. The predicted molar refractivity (Wildman–Crippen MR) is 136 cm³/mol. The molecule has 1 aliphatic rings. The van der Waals surface area contributed by atoms with Crippen LogP contribution in [0.15, 0.2) is 61.1 Å². The molecule has 1 aliphatic heterocycles. The number of H-pyrrole nitrogens is 1. The van der Waals surface area contributed by atoms with Gasteiger partial charge in [0, 0.05) is 41.2 Å². The molecule has 38 heavy (non-hydrogen) atoms. The van der Waals surface area contributed by atoms with Gasteiger partial charge in [-0.15, -0.1) is 0 Å². The number of ketones is 1. The molecule has 0 spiro atoms. The zero-order valence-electron chi connectivity index (χ0n) is 21.0. The zero-order valence-corrected chi connectivity index (χ0v) is 21.0. The number of nitrogens with zero attached hydrogens (tertiary/aromatic N) is 3. The van der Waals surface area contributed by atoms with Gasteiger partial charge < -0.3 is 20.2 Å². The number of carbonyl (C=O) groups excluding carboxylic acids is 3. The van der Waals surface area contributed by atoms with Gasteiger partial charge in [0.25, 0.3) is 5.69 Å². The number of hydrogen-bond acceptors (Lipinski definition) is 9. The summed E-state index contributed by atoms with van der Waals surface area (Å²) in [7, 11) is 1.12. The third-order valence-electron chi connectivity index (χ3n) is 6.74. The molecular formula is C26H27N5O7. The number of rotatable bonds is 9. The third-order valence-corrected chi connectivity index (χ3v) is 6.74. The number of non-ortho nitro benzene ring substituents is 1. The molecule has 1 aromatic heterocycles. The third kappa shape index (κ3) is 4.28. The van der Waals surface area contributed by atoms with Gasteiger partial charge in [-0.25, -0.2) is 9.78 Å². The summed E-state index contributed by atoms with van der Waals surface area (Å²) in [5.74, 6) is -4.04. The van der Waals surface area contributed by atoms with Crippen LogP contribution in [0.4, 0.5) is 11.4 Å². The number of aromatic nitrogens is 2. The number of benzene rings is 2. The number of fused-ring (bicyclic) bond motifs is 1. The number of anilines is 1. The Kier molecular flexibility index (Phi) is 7.26. The maximum Gasteiger partial charge on any atom is 0.340 e. The summed E-state index contributed by atoms with van der Waals surface area (Å²) in [6.07, 6.45) is 2.80. The lowest BCUT2D eigenvalue weighted by molar-refractivity contribution is -0.384. The highest BCUT2D eigenvalue weighted by Crippen LogP contribution is 2.51. The van der Waals surface area contributed by atoms with E-state index < -0.39 is 46.0 Å². The van der Waals surface area contributed by atoms with Crippen LogP contribution in [-0.4, -0.2) is 57.8 Å². The van der Waals surface area contributed by atoms with Crippen LogP contribution in [0.2, 0.25) is 0 Å². The second-order valence-electron chi connectivity index (χ2n) is 8.99. The van der Waals surface area contributed by atoms with E-state index in [1.54, 1.807) is 30.3 Å². The Bertz CT molecular complexity index is 1360. The standard InChI is InChI=1S/C26H27N5O7/c1-15(27)24(33)30(17-7-5-4-6-8-17)26(16(2)32,25(34)37-3)23(21-12-28-14-29-21)20-13-38-22-10-9-18(31(35)36)11-19(20)22/h4-12,14-15,20,23H,13,27H2,1-3H3,(H,28,29)/t15?,20?,23?,26-/m0/s1. The van der Waals surface area contributed by atoms with Crippen molar-refractivity contribution in [2.24, 2.45) is 5.73 Å². The van der Waals surface area contributed by atoms with E-state index in [4.69, 9.17) is 15.2 Å². The Balaban J connectivity index is 2.08. The summed E-state index contributed by atoms with van der Waals surface area (Å²) in [5.41, 5.74) is 4.50. The van der Waals surface area contributed by atoms with Crippen LogP contribution >= 0.6 is 0 Å². The molecule has 4 rings (SSSR count). The molecule has 198 valence electrons. The molecule has 0 saturated heterocycles. The van der Waals surface area contributed by atoms with Crippen molar-refractivity contribution in [3.63, 3.8) is 0 Å². The minimum absolute atomic E-state index is 0.0405. The van der Waals surface area contributed by atoms with Crippen molar-refractivity contribution < 1.29 is 28.8 Å². The van der Waals surface area contributed by atoms with Crippen LogP contribution in [-0.2, 0) is 19.1 Å². The lowest BCUT2D eigenvalue weighted by atomic mass is 9.68. The lowest BCUT2D eigenvalue weighted by Crippen LogP contribution is -2.68. The summed E-state index contributed by atoms with van der Waals surface area (Å²) in [6, 6.07) is 11.2. The van der Waals surface area contributed by atoms with Crippen molar-refractivity contribution in [2.75, 3.05) is 18.6 Å². The molecule has 0 saturated carbocycles. The van der Waals surface area contributed by atoms with E-state index in [9.17, 15) is 24.5 Å². The van der Waals surface area contributed by atoms with Crippen molar-refractivity contribution in [1.82, 2.24) is 9.97 Å². The smallest absolute Gasteiger partial charge is 0.340 e. The Morgan fingerprint density at radius 3 is 2.53 bits per heavy atom. The maximum absolute atomic E-state index is 13.9. The predicted octanol–water partition coefficient (Wildman–Crippen LogP) is 2.46. The molecule has 0 fully saturated rings. The highest BCUT2D eigenvalue weighted by atomic mass is 16.6. The molecule has 2 aromatic carbocycles. The quantitative estimate of drug-likeness (QED) is 0.186. The first-order valence-corrected chi connectivity index (χ1v) is 11.8. The second-order valence-corrected chi connectivity index (χ2v) is 8.99. The molecule has 2 heterocycles. The summed E-state index contributed by atoms with van der Waals surface area (Å²) >= 11 is 0. The Morgan fingerprint density at radius 2 is 1.97 bits per heavy atom. The lowest BCUT2D eigenvalue weighted by Gasteiger charge is -2.46. The zero-order chi connectivity index (χ0) is 27.6. The van der Waals surface area contributed by atoms with E-state index in [1.807, 2.05) is 0 Å². The van der Waals surface area contributed by atoms with E-state index in [0.717, 1.165) is 12.0 Å². The minimum Gasteiger partial charge on any atom is -0.493 e. The summed E-state index contributed by atoms with van der Waals surface area (Å²) < 4.78 is 11.1. The van der Waals surface area contributed by atoms with E-state index >= 15 is 0 Å².